The Morgan fingerprint density at radius 1 is 1.33 bits per heavy atom. The number of hydrogen-bond acceptors (Lipinski definition) is 5. The fraction of sp³-hybridized carbons (Fsp3) is 0.818. The van der Waals surface area contributed by atoms with Crippen molar-refractivity contribution in [3.63, 3.8) is 0 Å². The van der Waals surface area contributed by atoms with Gasteiger partial charge in [-0.25, -0.2) is 18.1 Å². The van der Waals surface area contributed by atoms with Gasteiger partial charge >= 0.3 is 6.09 Å². The van der Waals surface area contributed by atoms with Crippen LogP contribution in [0.2, 0.25) is 0 Å². The van der Waals surface area contributed by atoms with Gasteiger partial charge in [-0.05, 0) is 27.2 Å². The van der Waals surface area contributed by atoms with E-state index in [1.165, 1.54) is 0 Å². The van der Waals surface area contributed by atoms with Crippen LogP contribution in [0.5, 0.6) is 0 Å². The zero-order valence-electron chi connectivity index (χ0n) is 10.7. The molecule has 2 fully saturated rings. The van der Waals surface area contributed by atoms with Crippen LogP contribution in [-0.4, -0.2) is 48.5 Å². The lowest BCUT2D eigenvalue weighted by molar-refractivity contribution is -0.130. The maximum atomic E-state index is 12.0. The number of fused-ring (bicyclic) bond motifs is 2. The molecule has 2 heterocycles. The number of amides is 2. The zero-order chi connectivity index (χ0) is 13.7. The first-order chi connectivity index (χ1) is 8.09. The summed E-state index contributed by atoms with van der Waals surface area (Å²) in [7, 11) is -3.23. The predicted molar refractivity (Wildman–Crippen MR) is 63.6 cm³/mol. The minimum Gasteiger partial charge on any atom is -0.443 e. The molecule has 102 valence electrons. The molecule has 7 heteroatoms. The standard InChI is InChI=1S/C11H17NO5S/c1-11(2,3)17-10(14)12-8-4-7(9(12)13)5-18(15,16)6-8/h7-8H,4-6H2,1-3H3/t7-,8+/m0/s1. The predicted octanol–water partition coefficient (Wildman–Crippen LogP) is 0.567. The third-order valence-corrected chi connectivity index (χ3v) is 4.80. The Balaban J connectivity index is 2.20. The molecule has 18 heavy (non-hydrogen) atoms. The van der Waals surface area contributed by atoms with Gasteiger partial charge in [0.1, 0.15) is 5.60 Å². The number of nitrogens with zero attached hydrogens (tertiary/aromatic N) is 1. The molecule has 2 bridgehead atoms. The van der Waals surface area contributed by atoms with Crippen molar-refractivity contribution in [2.45, 2.75) is 38.8 Å². The van der Waals surface area contributed by atoms with Crippen molar-refractivity contribution in [2.75, 3.05) is 11.5 Å². The largest absolute Gasteiger partial charge is 0.443 e. The summed E-state index contributed by atoms with van der Waals surface area (Å²) in [6, 6.07) is -0.559. The van der Waals surface area contributed by atoms with E-state index in [1.54, 1.807) is 20.8 Å². The first-order valence-electron chi connectivity index (χ1n) is 5.85. The number of imide groups is 1. The van der Waals surface area contributed by atoms with Crippen LogP contribution in [0.1, 0.15) is 27.2 Å². The van der Waals surface area contributed by atoms with Gasteiger partial charge in [-0.2, -0.15) is 0 Å². The summed E-state index contributed by atoms with van der Waals surface area (Å²) in [5, 5.41) is 0. The second kappa shape index (κ2) is 3.94. The third kappa shape index (κ3) is 2.50. The number of hydrogen-bond donors (Lipinski definition) is 0. The first-order valence-corrected chi connectivity index (χ1v) is 7.68. The van der Waals surface area contributed by atoms with Crippen molar-refractivity contribution in [2.24, 2.45) is 5.92 Å². The highest BCUT2D eigenvalue weighted by atomic mass is 32.2. The topological polar surface area (TPSA) is 80.8 Å². The van der Waals surface area contributed by atoms with E-state index >= 15 is 0 Å². The van der Waals surface area contributed by atoms with Crippen LogP contribution in [0.15, 0.2) is 0 Å². The van der Waals surface area contributed by atoms with Crippen LogP contribution < -0.4 is 0 Å². The highest BCUT2D eigenvalue weighted by molar-refractivity contribution is 7.91. The molecular weight excluding hydrogens is 258 g/mol. The number of rotatable bonds is 0. The van der Waals surface area contributed by atoms with Gasteiger partial charge in [0.15, 0.2) is 9.84 Å². The lowest BCUT2D eigenvalue weighted by Gasteiger charge is -2.26. The van der Waals surface area contributed by atoms with Gasteiger partial charge in [0.05, 0.1) is 23.5 Å². The van der Waals surface area contributed by atoms with Crippen LogP contribution in [0.25, 0.3) is 0 Å². The lowest BCUT2D eigenvalue weighted by atomic mass is 10.1. The molecule has 0 aromatic carbocycles. The van der Waals surface area contributed by atoms with Crippen LogP contribution in [-0.2, 0) is 19.4 Å². The Hall–Kier alpha value is -1.11. The average Bonchev–Trinajstić information content (AvgIpc) is 2.33. The highest BCUT2D eigenvalue weighted by Gasteiger charge is 2.51. The molecule has 0 N–H and O–H groups in total. The Labute approximate surface area is 106 Å². The number of sulfone groups is 1. The van der Waals surface area contributed by atoms with E-state index in [4.69, 9.17) is 4.74 Å². The summed E-state index contributed by atoms with van der Waals surface area (Å²) in [5.74, 6) is -1.30. The monoisotopic (exact) mass is 275 g/mol. The van der Waals surface area contributed by atoms with Crippen molar-refractivity contribution in [1.82, 2.24) is 4.90 Å². The van der Waals surface area contributed by atoms with Crippen LogP contribution in [0.3, 0.4) is 0 Å². The summed E-state index contributed by atoms with van der Waals surface area (Å²) >= 11 is 0. The first kappa shape index (κ1) is 13.3. The molecule has 2 aliphatic rings. The summed E-state index contributed by atoms with van der Waals surface area (Å²) in [4.78, 5) is 24.9. The lowest BCUT2D eigenvalue weighted by Crippen LogP contribution is -2.44. The average molecular weight is 275 g/mol. The number of carbonyl (C=O) groups is 2. The Morgan fingerprint density at radius 3 is 2.50 bits per heavy atom. The van der Waals surface area contributed by atoms with E-state index in [0.29, 0.717) is 6.42 Å². The van der Waals surface area contributed by atoms with Crippen LogP contribution >= 0.6 is 0 Å². The number of carbonyl (C=O) groups excluding carboxylic acids is 2. The van der Waals surface area contributed by atoms with Crippen LogP contribution in [0, 0.1) is 5.92 Å². The third-order valence-electron chi connectivity index (χ3n) is 3.00. The van der Waals surface area contributed by atoms with Gasteiger partial charge in [0.25, 0.3) is 0 Å². The number of ether oxygens (including phenoxy) is 1. The van der Waals surface area contributed by atoms with Gasteiger partial charge in [-0.15, -0.1) is 0 Å². The van der Waals surface area contributed by atoms with Gasteiger partial charge in [0.2, 0.25) is 5.91 Å². The molecule has 0 saturated carbocycles. The maximum Gasteiger partial charge on any atom is 0.417 e. The molecule has 0 aromatic heterocycles. The second-order valence-electron chi connectivity index (χ2n) is 5.85. The van der Waals surface area contributed by atoms with E-state index in [-0.39, 0.29) is 11.5 Å². The minimum atomic E-state index is -3.23. The van der Waals surface area contributed by atoms with Crippen LogP contribution in [0.4, 0.5) is 4.79 Å². The summed E-state index contributed by atoms with van der Waals surface area (Å²) < 4.78 is 28.3. The quantitative estimate of drug-likeness (QED) is 0.645. The maximum absolute atomic E-state index is 12.0. The molecule has 0 aromatic rings. The molecule has 2 saturated heterocycles. The molecule has 6 nitrogen and oxygen atoms in total. The van der Waals surface area contributed by atoms with E-state index < -0.39 is 39.4 Å². The molecule has 0 aliphatic carbocycles. The minimum absolute atomic E-state index is 0.144. The summed E-state index contributed by atoms with van der Waals surface area (Å²) in [6.07, 6.45) is -0.311. The molecule has 0 radical (unpaired) electrons. The number of likely N-dealkylation sites (tertiary alicyclic amines) is 1. The van der Waals surface area contributed by atoms with Gasteiger partial charge in [-0.1, -0.05) is 0 Å². The SMILES string of the molecule is CC(C)(C)OC(=O)N1C(=O)[C@H]2C[C@@H]1CS(=O)(=O)C2. The molecule has 2 amide bonds. The molecule has 2 aliphatic heterocycles. The normalized spacial score (nSPS) is 30.4. The molecule has 0 unspecified atom stereocenters. The van der Waals surface area contributed by atoms with Crippen molar-refractivity contribution in [1.29, 1.82) is 0 Å². The Morgan fingerprint density at radius 2 is 1.94 bits per heavy atom. The molecule has 2 atom stereocenters. The van der Waals surface area contributed by atoms with Gasteiger partial charge in [0, 0.05) is 0 Å². The van der Waals surface area contributed by atoms with Crippen molar-refractivity contribution in [3.8, 4) is 0 Å². The molecular formula is C11H17NO5S. The Bertz CT molecular complexity index is 490. The summed E-state index contributed by atoms with van der Waals surface area (Å²) in [5.41, 5.74) is -0.701. The van der Waals surface area contributed by atoms with Crippen molar-refractivity contribution < 1.29 is 22.7 Å². The fourth-order valence-electron chi connectivity index (χ4n) is 2.41. The highest BCUT2D eigenvalue weighted by Crippen LogP contribution is 2.33. The van der Waals surface area contributed by atoms with E-state index in [0.717, 1.165) is 4.90 Å². The van der Waals surface area contributed by atoms with E-state index in [2.05, 4.69) is 0 Å². The van der Waals surface area contributed by atoms with Gasteiger partial charge < -0.3 is 4.74 Å². The zero-order valence-corrected chi connectivity index (χ0v) is 11.5. The molecule has 2 rings (SSSR count). The smallest absolute Gasteiger partial charge is 0.417 e. The fourth-order valence-corrected chi connectivity index (χ4v) is 4.31. The van der Waals surface area contributed by atoms with Crippen molar-refractivity contribution >= 4 is 21.8 Å². The summed E-state index contributed by atoms with van der Waals surface area (Å²) in [6.45, 7) is 5.11. The van der Waals surface area contributed by atoms with Crippen molar-refractivity contribution in [3.05, 3.63) is 0 Å². The van der Waals surface area contributed by atoms with Gasteiger partial charge in [-0.3, -0.25) is 4.79 Å². The van der Waals surface area contributed by atoms with E-state index in [1.807, 2.05) is 0 Å². The van der Waals surface area contributed by atoms with E-state index in [9.17, 15) is 18.0 Å². The molecule has 0 spiro atoms. The second-order valence-corrected chi connectivity index (χ2v) is 8.01. The Kier molecular flexibility index (Phi) is 2.92.